The van der Waals surface area contributed by atoms with Crippen LogP contribution >= 0.6 is 23.2 Å². The highest BCUT2D eigenvalue weighted by Crippen LogP contribution is 2.25. The fourth-order valence-electron chi connectivity index (χ4n) is 2.07. The van der Waals surface area contributed by atoms with Gasteiger partial charge in [-0.1, -0.05) is 29.3 Å². The summed E-state index contributed by atoms with van der Waals surface area (Å²) in [5.74, 6) is -0.267. The third-order valence-electron chi connectivity index (χ3n) is 3.10. The first kappa shape index (κ1) is 19.7. The van der Waals surface area contributed by atoms with E-state index in [1.165, 1.54) is 0 Å². The highest BCUT2D eigenvalue weighted by Gasteiger charge is 2.14. The van der Waals surface area contributed by atoms with Crippen molar-refractivity contribution < 1.29 is 9.59 Å². The highest BCUT2D eigenvalue weighted by molar-refractivity contribution is 6.42. The Kier molecular flexibility index (Phi) is 7.82. The summed E-state index contributed by atoms with van der Waals surface area (Å²) in [7, 11) is 1.73. The van der Waals surface area contributed by atoms with E-state index in [2.05, 4.69) is 10.6 Å². The molecule has 0 aliphatic heterocycles. The average Bonchev–Trinajstić information content (AvgIpc) is 2.39. The standard InChI is InChI=1S/C16H23Cl2N3O2/c1-10(2)19-15(22)8-21(4)9-16(23)20-11(3)12-5-6-13(17)14(18)7-12/h5-7,10-11H,8-9H2,1-4H3,(H,19,22)(H,20,23)/t11-/m0/s1. The fraction of sp³-hybridized carbons (Fsp3) is 0.500. The summed E-state index contributed by atoms with van der Waals surface area (Å²) in [4.78, 5) is 25.4. The minimum Gasteiger partial charge on any atom is -0.353 e. The second kappa shape index (κ2) is 9.11. The van der Waals surface area contributed by atoms with E-state index >= 15 is 0 Å². The monoisotopic (exact) mass is 359 g/mol. The molecule has 0 unspecified atom stereocenters. The van der Waals surface area contributed by atoms with E-state index < -0.39 is 0 Å². The molecule has 0 bridgehead atoms. The quantitative estimate of drug-likeness (QED) is 0.786. The van der Waals surface area contributed by atoms with E-state index in [0.29, 0.717) is 10.0 Å². The molecule has 5 nitrogen and oxygen atoms in total. The van der Waals surface area contributed by atoms with E-state index in [9.17, 15) is 9.59 Å². The molecule has 0 saturated heterocycles. The van der Waals surface area contributed by atoms with Gasteiger partial charge in [0.1, 0.15) is 0 Å². The fourth-order valence-corrected chi connectivity index (χ4v) is 2.37. The van der Waals surface area contributed by atoms with Crippen LogP contribution < -0.4 is 10.6 Å². The van der Waals surface area contributed by atoms with Gasteiger partial charge in [-0.15, -0.1) is 0 Å². The van der Waals surface area contributed by atoms with Gasteiger partial charge in [-0.2, -0.15) is 0 Å². The SMILES string of the molecule is CC(C)NC(=O)CN(C)CC(=O)N[C@@H](C)c1ccc(Cl)c(Cl)c1. The van der Waals surface area contributed by atoms with Gasteiger partial charge in [0.05, 0.1) is 29.2 Å². The number of nitrogens with zero attached hydrogens (tertiary/aromatic N) is 1. The van der Waals surface area contributed by atoms with Crippen molar-refractivity contribution in [2.24, 2.45) is 0 Å². The van der Waals surface area contributed by atoms with Crippen LogP contribution in [0.5, 0.6) is 0 Å². The summed E-state index contributed by atoms with van der Waals surface area (Å²) < 4.78 is 0. The van der Waals surface area contributed by atoms with Crippen molar-refractivity contribution >= 4 is 35.0 Å². The molecular formula is C16H23Cl2N3O2. The average molecular weight is 360 g/mol. The topological polar surface area (TPSA) is 61.4 Å². The number of halogens is 2. The normalized spacial score (nSPS) is 12.3. The molecule has 1 aromatic carbocycles. The van der Waals surface area contributed by atoms with Crippen LogP contribution in [-0.4, -0.2) is 42.9 Å². The molecule has 128 valence electrons. The zero-order chi connectivity index (χ0) is 17.6. The lowest BCUT2D eigenvalue weighted by Gasteiger charge is -2.19. The first-order valence-corrected chi connectivity index (χ1v) is 8.17. The third kappa shape index (κ3) is 7.20. The molecule has 23 heavy (non-hydrogen) atoms. The number of likely N-dealkylation sites (N-methyl/N-ethyl adjacent to an activating group) is 1. The Morgan fingerprint density at radius 1 is 1.04 bits per heavy atom. The summed E-state index contributed by atoms with van der Waals surface area (Å²) in [5.41, 5.74) is 0.868. The Hall–Kier alpha value is -1.30. The van der Waals surface area contributed by atoms with Gasteiger partial charge in [0, 0.05) is 6.04 Å². The Morgan fingerprint density at radius 3 is 2.13 bits per heavy atom. The van der Waals surface area contributed by atoms with E-state index in [1.54, 1.807) is 24.1 Å². The van der Waals surface area contributed by atoms with E-state index in [-0.39, 0.29) is 37.0 Å². The van der Waals surface area contributed by atoms with Crippen molar-refractivity contribution in [2.75, 3.05) is 20.1 Å². The Labute approximate surface area is 147 Å². The zero-order valence-corrected chi connectivity index (χ0v) is 15.3. The summed E-state index contributed by atoms with van der Waals surface area (Å²) in [6.07, 6.45) is 0. The first-order valence-electron chi connectivity index (χ1n) is 7.41. The number of hydrogen-bond donors (Lipinski definition) is 2. The van der Waals surface area contributed by atoms with Gasteiger partial charge in [0.15, 0.2) is 0 Å². The summed E-state index contributed by atoms with van der Waals surface area (Å²) in [6.45, 7) is 5.96. The minimum atomic E-state index is -0.199. The zero-order valence-electron chi connectivity index (χ0n) is 13.8. The molecule has 1 atom stereocenters. The lowest BCUT2D eigenvalue weighted by Crippen LogP contribution is -2.42. The lowest BCUT2D eigenvalue weighted by molar-refractivity contribution is -0.125. The van der Waals surface area contributed by atoms with Crippen molar-refractivity contribution in [3.05, 3.63) is 33.8 Å². The van der Waals surface area contributed by atoms with E-state index in [1.807, 2.05) is 26.8 Å². The van der Waals surface area contributed by atoms with Gasteiger partial charge < -0.3 is 10.6 Å². The molecule has 0 saturated carbocycles. The highest BCUT2D eigenvalue weighted by atomic mass is 35.5. The first-order chi connectivity index (χ1) is 10.7. The molecule has 0 aliphatic carbocycles. The van der Waals surface area contributed by atoms with Gasteiger partial charge >= 0.3 is 0 Å². The molecule has 2 amide bonds. The van der Waals surface area contributed by atoms with Crippen LogP contribution in [0.2, 0.25) is 10.0 Å². The molecular weight excluding hydrogens is 337 g/mol. The maximum absolute atomic E-state index is 12.0. The molecule has 0 heterocycles. The van der Waals surface area contributed by atoms with Crippen LogP contribution in [0.4, 0.5) is 0 Å². The van der Waals surface area contributed by atoms with Crippen molar-refractivity contribution in [1.29, 1.82) is 0 Å². The van der Waals surface area contributed by atoms with Gasteiger partial charge in [-0.25, -0.2) is 0 Å². The van der Waals surface area contributed by atoms with Crippen LogP contribution in [0.3, 0.4) is 0 Å². The molecule has 0 spiro atoms. The van der Waals surface area contributed by atoms with Crippen molar-refractivity contribution in [1.82, 2.24) is 15.5 Å². The van der Waals surface area contributed by atoms with Crippen LogP contribution in [0.25, 0.3) is 0 Å². The van der Waals surface area contributed by atoms with Crippen LogP contribution in [0.15, 0.2) is 18.2 Å². The van der Waals surface area contributed by atoms with Gasteiger partial charge in [-0.3, -0.25) is 14.5 Å². The maximum atomic E-state index is 12.0. The van der Waals surface area contributed by atoms with Crippen molar-refractivity contribution in [2.45, 2.75) is 32.9 Å². The second-order valence-corrected chi connectivity index (χ2v) is 6.67. The maximum Gasteiger partial charge on any atom is 0.234 e. The summed E-state index contributed by atoms with van der Waals surface area (Å²) in [5, 5.41) is 6.59. The molecule has 0 aromatic heterocycles. The van der Waals surface area contributed by atoms with Gasteiger partial charge in [0.2, 0.25) is 11.8 Å². The smallest absolute Gasteiger partial charge is 0.234 e. The molecule has 7 heteroatoms. The van der Waals surface area contributed by atoms with Crippen LogP contribution in [-0.2, 0) is 9.59 Å². The predicted octanol–water partition coefficient (Wildman–Crippen LogP) is 2.63. The number of carbonyl (C=O) groups is 2. The van der Waals surface area contributed by atoms with E-state index in [4.69, 9.17) is 23.2 Å². The number of benzene rings is 1. The van der Waals surface area contributed by atoms with Gasteiger partial charge in [0.25, 0.3) is 0 Å². The summed E-state index contributed by atoms with van der Waals surface area (Å²) >= 11 is 11.9. The number of nitrogens with one attached hydrogen (secondary N) is 2. The largest absolute Gasteiger partial charge is 0.353 e. The molecule has 1 rings (SSSR count). The molecule has 0 aliphatic rings. The molecule has 1 aromatic rings. The van der Waals surface area contributed by atoms with Gasteiger partial charge in [-0.05, 0) is 45.5 Å². The number of rotatable bonds is 7. The Balaban J connectivity index is 2.48. The van der Waals surface area contributed by atoms with Crippen LogP contribution in [0, 0.1) is 0 Å². The third-order valence-corrected chi connectivity index (χ3v) is 3.84. The van der Waals surface area contributed by atoms with E-state index in [0.717, 1.165) is 5.56 Å². The number of amides is 2. The molecule has 0 radical (unpaired) electrons. The number of hydrogen-bond acceptors (Lipinski definition) is 3. The Bertz CT molecular complexity index is 564. The minimum absolute atomic E-state index is 0.0828. The molecule has 2 N–H and O–H groups in total. The predicted molar refractivity (Wildman–Crippen MR) is 93.8 cm³/mol. The van der Waals surface area contributed by atoms with Crippen molar-refractivity contribution in [3.63, 3.8) is 0 Å². The van der Waals surface area contributed by atoms with Crippen LogP contribution in [0.1, 0.15) is 32.4 Å². The second-order valence-electron chi connectivity index (χ2n) is 5.86. The number of carbonyl (C=O) groups excluding carboxylic acids is 2. The van der Waals surface area contributed by atoms with Crippen molar-refractivity contribution in [3.8, 4) is 0 Å². The molecule has 0 fully saturated rings. The Morgan fingerprint density at radius 2 is 1.61 bits per heavy atom. The lowest BCUT2D eigenvalue weighted by atomic mass is 10.1. The summed E-state index contributed by atoms with van der Waals surface area (Å²) in [6, 6.07) is 5.13.